The normalized spacial score (nSPS) is 13.1. The van der Waals surface area contributed by atoms with Gasteiger partial charge in [-0.1, -0.05) is 12.1 Å². The SMILES string of the molecule is O=C(C[C@@H](c1ccc(C(F)(F)F)cc1)c1ncccc1C(F)(F)F)c1cnc(=O)[nH]c1. The molecule has 1 aromatic carbocycles. The molecule has 0 aliphatic rings. The summed E-state index contributed by atoms with van der Waals surface area (Å²) >= 11 is 0. The number of hydrogen-bond acceptors (Lipinski definition) is 4. The number of aromatic amines is 1. The molecular formula is C20H13F6N3O2. The molecule has 0 unspecified atom stereocenters. The molecule has 1 N–H and O–H groups in total. The molecule has 0 bridgehead atoms. The molecule has 0 radical (unpaired) electrons. The van der Waals surface area contributed by atoms with Gasteiger partial charge in [0.25, 0.3) is 0 Å². The van der Waals surface area contributed by atoms with Gasteiger partial charge in [0.1, 0.15) is 0 Å². The maximum atomic E-state index is 13.5. The monoisotopic (exact) mass is 441 g/mol. The molecule has 31 heavy (non-hydrogen) atoms. The summed E-state index contributed by atoms with van der Waals surface area (Å²) < 4.78 is 79.2. The quantitative estimate of drug-likeness (QED) is 0.464. The molecule has 0 saturated heterocycles. The minimum absolute atomic E-state index is 0.0444. The number of halogens is 6. The summed E-state index contributed by atoms with van der Waals surface area (Å²) in [6.45, 7) is 0. The fourth-order valence-corrected chi connectivity index (χ4v) is 3.01. The summed E-state index contributed by atoms with van der Waals surface area (Å²) in [5.74, 6) is -1.97. The van der Waals surface area contributed by atoms with E-state index in [4.69, 9.17) is 0 Å². The molecule has 1 atom stereocenters. The van der Waals surface area contributed by atoms with Crippen LogP contribution in [-0.4, -0.2) is 20.7 Å². The molecular weight excluding hydrogens is 428 g/mol. The largest absolute Gasteiger partial charge is 0.418 e. The number of H-pyrrole nitrogens is 1. The number of aromatic nitrogens is 3. The van der Waals surface area contributed by atoms with Crippen molar-refractivity contribution in [2.24, 2.45) is 0 Å². The van der Waals surface area contributed by atoms with E-state index in [1.807, 2.05) is 0 Å². The molecule has 0 spiro atoms. The van der Waals surface area contributed by atoms with Crippen LogP contribution >= 0.6 is 0 Å². The summed E-state index contributed by atoms with van der Waals surface area (Å²) in [5, 5.41) is 0. The number of nitrogens with one attached hydrogen (secondary N) is 1. The average Bonchev–Trinajstić information content (AvgIpc) is 2.71. The number of nitrogens with zero attached hydrogens (tertiary/aromatic N) is 2. The first-order valence-electron chi connectivity index (χ1n) is 8.74. The standard InChI is InChI=1S/C20H13F6N3O2/c21-19(22,23)13-5-3-11(4-6-13)14(8-16(30)12-9-28-18(31)29-10-12)17-15(20(24,25)26)2-1-7-27-17/h1-7,9-10,14H,8H2,(H,28,29,31)/t14-/m0/s1. The molecule has 0 amide bonds. The fourth-order valence-electron chi connectivity index (χ4n) is 3.01. The van der Waals surface area contributed by atoms with Crippen LogP contribution in [0.2, 0.25) is 0 Å². The number of carbonyl (C=O) groups is 1. The van der Waals surface area contributed by atoms with Crippen LogP contribution in [0.4, 0.5) is 26.3 Å². The first-order chi connectivity index (χ1) is 14.5. The molecule has 2 heterocycles. The van der Waals surface area contributed by atoms with Crippen LogP contribution in [0.3, 0.4) is 0 Å². The fraction of sp³-hybridized carbons (Fsp3) is 0.200. The van der Waals surface area contributed by atoms with Gasteiger partial charge in [-0.15, -0.1) is 0 Å². The summed E-state index contributed by atoms with van der Waals surface area (Å²) in [7, 11) is 0. The van der Waals surface area contributed by atoms with Crippen LogP contribution in [-0.2, 0) is 12.4 Å². The Morgan fingerprint density at radius 3 is 2.19 bits per heavy atom. The Balaban J connectivity index is 2.08. The second-order valence-corrected chi connectivity index (χ2v) is 6.54. The smallest absolute Gasteiger partial charge is 0.312 e. The predicted octanol–water partition coefficient (Wildman–Crippen LogP) is 4.61. The molecule has 0 aliphatic heterocycles. The van der Waals surface area contributed by atoms with E-state index in [1.165, 1.54) is 0 Å². The van der Waals surface area contributed by atoms with E-state index in [0.29, 0.717) is 0 Å². The number of Topliss-reactive ketones (excluding diaryl/α,β-unsaturated/α-hetero) is 1. The number of alkyl halides is 6. The Hall–Kier alpha value is -3.50. The van der Waals surface area contributed by atoms with Gasteiger partial charge in [-0.2, -0.15) is 26.3 Å². The van der Waals surface area contributed by atoms with Crippen molar-refractivity contribution in [3.63, 3.8) is 0 Å². The van der Waals surface area contributed by atoms with Crippen LogP contribution in [0.25, 0.3) is 0 Å². The Morgan fingerprint density at radius 2 is 1.65 bits per heavy atom. The van der Waals surface area contributed by atoms with Crippen molar-refractivity contribution in [2.75, 3.05) is 0 Å². The van der Waals surface area contributed by atoms with Crippen LogP contribution in [0.5, 0.6) is 0 Å². The number of rotatable bonds is 5. The second-order valence-electron chi connectivity index (χ2n) is 6.54. The van der Waals surface area contributed by atoms with Gasteiger partial charge in [0.15, 0.2) is 5.78 Å². The highest BCUT2D eigenvalue weighted by atomic mass is 19.4. The lowest BCUT2D eigenvalue weighted by Crippen LogP contribution is -2.18. The van der Waals surface area contributed by atoms with Crippen molar-refractivity contribution in [3.8, 4) is 0 Å². The number of benzene rings is 1. The highest BCUT2D eigenvalue weighted by Gasteiger charge is 2.37. The summed E-state index contributed by atoms with van der Waals surface area (Å²) in [4.78, 5) is 33.1. The van der Waals surface area contributed by atoms with Gasteiger partial charge >= 0.3 is 18.0 Å². The first-order valence-corrected chi connectivity index (χ1v) is 8.74. The number of pyridine rings is 1. The van der Waals surface area contributed by atoms with E-state index < -0.39 is 53.0 Å². The highest BCUT2D eigenvalue weighted by Crippen LogP contribution is 2.39. The molecule has 0 fully saturated rings. The molecule has 162 valence electrons. The zero-order chi connectivity index (χ0) is 22.8. The van der Waals surface area contributed by atoms with E-state index in [-0.39, 0.29) is 11.1 Å². The summed E-state index contributed by atoms with van der Waals surface area (Å²) in [6.07, 6.45) is -6.84. The molecule has 11 heteroatoms. The van der Waals surface area contributed by atoms with Crippen LogP contribution in [0, 0.1) is 0 Å². The zero-order valence-electron chi connectivity index (χ0n) is 15.5. The summed E-state index contributed by atoms with van der Waals surface area (Å²) in [6, 6.07) is 5.34. The second kappa shape index (κ2) is 8.32. The molecule has 0 aliphatic carbocycles. The van der Waals surface area contributed by atoms with Crippen LogP contribution in [0.15, 0.2) is 59.8 Å². The molecule has 2 aromatic heterocycles. The van der Waals surface area contributed by atoms with E-state index in [9.17, 15) is 35.9 Å². The molecule has 5 nitrogen and oxygen atoms in total. The number of hydrogen-bond donors (Lipinski definition) is 1. The minimum atomic E-state index is -4.80. The number of carbonyl (C=O) groups excluding carboxylic acids is 1. The van der Waals surface area contributed by atoms with E-state index in [2.05, 4.69) is 15.0 Å². The van der Waals surface area contributed by atoms with E-state index in [0.717, 1.165) is 55.0 Å². The van der Waals surface area contributed by atoms with Crippen molar-refractivity contribution in [3.05, 3.63) is 93.4 Å². The lowest BCUT2D eigenvalue weighted by molar-refractivity contribution is -0.139. The predicted molar refractivity (Wildman–Crippen MR) is 96.3 cm³/mol. The van der Waals surface area contributed by atoms with Gasteiger partial charge < -0.3 is 4.98 Å². The van der Waals surface area contributed by atoms with E-state index >= 15 is 0 Å². The topological polar surface area (TPSA) is 75.7 Å². The van der Waals surface area contributed by atoms with Crippen LogP contribution in [0.1, 0.15) is 45.1 Å². The van der Waals surface area contributed by atoms with Gasteiger partial charge in [0, 0.05) is 30.9 Å². The summed E-state index contributed by atoms with van der Waals surface area (Å²) in [5.41, 5.74) is -3.33. The van der Waals surface area contributed by atoms with Crippen molar-refractivity contribution >= 4 is 5.78 Å². The van der Waals surface area contributed by atoms with Crippen molar-refractivity contribution in [1.29, 1.82) is 0 Å². The lowest BCUT2D eigenvalue weighted by Gasteiger charge is -2.21. The Bertz CT molecular complexity index is 1120. The molecule has 3 rings (SSSR count). The Morgan fingerprint density at radius 1 is 0.968 bits per heavy atom. The average molecular weight is 441 g/mol. The Kier molecular flexibility index (Phi) is 5.96. The third-order valence-corrected chi connectivity index (χ3v) is 4.50. The third kappa shape index (κ3) is 5.16. The van der Waals surface area contributed by atoms with Gasteiger partial charge in [-0.3, -0.25) is 9.78 Å². The van der Waals surface area contributed by atoms with Crippen molar-refractivity contribution in [1.82, 2.24) is 15.0 Å². The Labute approximate surface area is 170 Å². The number of ketones is 1. The van der Waals surface area contributed by atoms with Gasteiger partial charge in [0.05, 0.1) is 22.4 Å². The van der Waals surface area contributed by atoms with Gasteiger partial charge in [-0.25, -0.2) is 9.78 Å². The van der Waals surface area contributed by atoms with Crippen molar-refractivity contribution in [2.45, 2.75) is 24.7 Å². The zero-order valence-corrected chi connectivity index (χ0v) is 15.5. The first kappa shape index (κ1) is 22.2. The van der Waals surface area contributed by atoms with Gasteiger partial charge in [0.2, 0.25) is 0 Å². The molecule has 3 aromatic rings. The lowest BCUT2D eigenvalue weighted by atomic mass is 9.86. The maximum absolute atomic E-state index is 13.5. The highest BCUT2D eigenvalue weighted by molar-refractivity contribution is 5.96. The molecule has 0 saturated carbocycles. The minimum Gasteiger partial charge on any atom is -0.312 e. The van der Waals surface area contributed by atoms with Gasteiger partial charge in [-0.05, 0) is 29.8 Å². The maximum Gasteiger partial charge on any atom is 0.418 e. The van der Waals surface area contributed by atoms with E-state index in [1.54, 1.807) is 0 Å². The van der Waals surface area contributed by atoms with Crippen LogP contribution < -0.4 is 5.69 Å². The third-order valence-electron chi connectivity index (χ3n) is 4.50. The van der Waals surface area contributed by atoms with Crippen molar-refractivity contribution < 1.29 is 31.1 Å².